The van der Waals surface area contributed by atoms with Crippen LogP contribution in [0.25, 0.3) is 0 Å². The lowest BCUT2D eigenvalue weighted by Gasteiger charge is -2.29. The monoisotopic (exact) mass is 276 g/mol. The van der Waals surface area contributed by atoms with Crippen molar-refractivity contribution in [2.45, 2.75) is 53.5 Å². The second-order valence-electron chi connectivity index (χ2n) is 5.53. The van der Waals surface area contributed by atoms with Gasteiger partial charge in [0.25, 0.3) is 0 Å². The Morgan fingerprint density at radius 2 is 1.75 bits per heavy atom. The lowest BCUT2D eigenvalue weighted by atomic mass is 10.0. The predicted molar refractivity (Wildman–Crippen MR) is 90.4 cm³/mol. The van der Waals surface area contributed by atoms with Crippen molar-refractivity contribution in [2.24, 2.45) is 5.92 Å². The van der Waals surface area contributed by atoms with Crippen LogP contribution in [-0.4, -0.2) is 19.6 Å². The van der Waals surface area contributed by atoms with Crippen LogP contribution in [-0.2, 0) is 6.54 Å². The maximum atomic E-state index is 3.53. The summed E-state index contributed by atoms with van der Waals surface area (Å²) in [5.41, 5.74) is 2.83. The van der Waals surface area contributed by atoms with Gasteiger partial charge in [-0.2, -0.15) is 0 Å². The molecule has 2 nitrogen and oxygen atoms in total. The largest absolute Gasteiger partial charge is 0.371 e. The van der Waals surface area contributed by atoms with Crippen LogP contribution >= 0.6 is 0 Å². The highest BCUT2D eigenvalue weighted by Gasteiger charge is 2.13. The average molecular weight is 276 g/mol. The van der Waals surface area contributed by atoms with E-state index < -0.39 is 0 Å². The van der Waals surface area contributed by atoms with Gasteiger partial charge in [-0.1, -0.05) is 51.8 Å². The first-order chi connectivity index (χ1) is 9.76. The van der Waals surface area contributed by atoms with E-state index >= 15 is 0 Å². The van der Waals surface area contributed by atoms with E-state index in [4.69, 9.17) is 0 Å². The fraction of sp³-hybridized carbons (Fsp3) is 0.667. The Morgan fingerprint density at radius 3 is 2.35 bits per heavy atom. The molecule has 0 aliphatic rings. The Bertz CT molecular complexity index is 358. The normalized spacial score (nSPS) is 11.1. The van der Waals surface area contributed by atoms with Crippen LogP contribution in [0.3, 0.4) is 0 Å². The van der Waals surface area contributed by atoms with Crippen molar-refractivity contribution in [1.29, 1.82) is 0 Å². The number of nitrogens with zero attached hydrogens (tertiary/aromatic N) is 1. The Hall–Kier alpha value is -1.02. The number of hydrogen-bond acceptors (Lipinski definition) is 2. The zero-order valence-corrected chi connectivity index (χ0v) is 13.8. The van der Waals surface area contributed by atoms with Gasteiger partial charge in [0.1, 0.15) is 0 Å². The summed E-state index contributed by atoms with van der Waals surface area (Å²) in [5, 5.41) is 3.53. The van der Waals surface area contributed by atoms with Gasteiger partial charge in [0.15, 0.2) is 0 Å². The van der Waals surface area contributed by atoms with Gasteiger partial charge in [-0.15, -0.1) is 0 Å². The first-order valence-corrected chi connectivity index (χ1v) is 8.30. The van der Waals surface area contributed by atoms with Gasteiger partial charge in [-0.05, 0) is 37.4 Å². The highest BCUT2D eigenvalue weighted by Crippen LogP contribution is 2.23. The Kier molecular flexibility index (Phi) is 8.36. The SMILES string of the molecule is CCCNCc1ccccc1N(CC)CC(CC)CC. The van der Waals surface area contributed by atoms with Crippen LogP contribution in [0, 0.1) is 5.92 Å². The molecule has 20 heavy (non-hydrogen) atoms. The molecule has 0 aromatic heterocycles. The van der Waals surface area contributed by atoms with E-state index in [1.807, 2.05) is 0 Å². The lowest BCUT2D eigenvalue weighted by molar-refractivity contribution is 0.485. The van der Waals surface area contributed by atoms with Crippen molar-refractivity contribution in [3.63, 3.8) is 0 Å². The molecule has 0 radical (unpaired) electrons. The Balaban J connectivity index is 2.79. The first-order valence-electron chi connectivity index (χ1n) is 8.30. The van der Waals surface area contributed by atoms with E-state index in [1.54, 1.807) is 0 Å². The number of nitrogens with one attached hydrogen (secondary N) is 1. The minimum atomic E-state index is 0.798. The predicted octanol–water partition coefficient (Wildman–Crippen LogP) is 4.45. The molecule has 0 bridgehead atoms. The maximum absolute atomic E-state index is 3.53. The topological polar surface area (TPSA) is 15.3 Å². The smallest absolute Gasteiger partial charge is 0.0411 e. The molecule has 0 saturated heterocycles. The molecule has 1 aromatic carbocycles. The van der Waals surface area contributed by atoms with E-state index in [2.05, 4.69) is 62.2 Å². The molecule has 1 rings (SSSR count). The number of rotatable bonds is 10. The maximum Gasteiger partial charge on any atom is 0.0411 e. The van der Waals surface area contributed by atoms with Crippen LogP contribution < -0.4 is 10.2 Å². The van der Waals surface area contributed by atoms with Crippen molar-refractivity contribution in [1.82, 2.24) is 5.32 Å². The van der Waals surface area contributed by atoms with Crippen molar-refractivity contribution in [3.8, 4) is 0 Å². The van der Waals surface area contributed by atoms with Gasteiger partial charge >= 0.3 is 0 Å². The number of anilines is 1. The summed E-state index contributed by atoms with van der Waals surface area (Å²) in [6.07, 6.45) is 3.72. The van der Waals surface area contributed by atoms with E-state index in [9.17, 15) is 0 Å². The van der Waals surface area contributed by atoms with E-state index in [0.717, 1.165) is 25.6 Å². The molecule has 0 spiro atoms. The van der Waals surface area contributed by atoms with Crippen LogP contribution in [0.4, 0.5) is 5.69 Å². The van der Waals surface area contributed by atoms with Gasteiger partial charge in [-0.25, -0.2) is 0 Å². The van der Waals surface area contributed by atoms with Gasteiger partial charge in [0.05, 0.1) is 0 Å². The molecule has 0 aliphatic carbocycles. The van der Waals surface area contributed by atoms with Gasteiger partial charge in [0, 0.05) is 25.3 Å². The summed E-state index contributed by atoms with van der Waals surface area (Å²) in [6, 6.07) is 8.84. The third-order valence-corrected chi connectivity index (χ3v) is 4.09. The summed E-state index contributed by atoms with van der Waals surface area (Å²) in [4.78, 5) is 2.54. The van der Waals surface area contributed by atoms with Gasteiger partial charge < -0.3 is 10.2 Å². The summed E-state index contributed by atoms with van der Waals surface area (Å²) < 4.78 is 0. The molecular weight excluding hydrogens is 244 g/mol. The molecule has 0 amide bonds. The molecule has 2 heteroatoms. The lowest BCUT2D eigenvalue weighted by Crippen LogP contribution is -2.30. The van der Waals surface area contributed by atoms with E-state index in [-0.39, 0.29) is 0 Å². The van der Waals surface area contributed by atoms with Crippen LogP contribution in [0.5, 0.6) is 0 Å². The van der Waals surface area contributed by atoms with Crippen molar-refractivity contribution in [2.75, 3.05) is 24.5 Å². The molecule has 0 fully saturated rings. The molecule has 0 saturated carbocycles. The summed E-state index contributed by atoms with van der Waals surface area (Å²) in [5.74, 6) is 0.798. The van der Waals surface area contributed by atoms with Crippen molar-refractivity contribution >= 4 is 5.69 Å². The zero-order valence-electron chi connectivity index (χ0n) is 13.8. The Morgan fingerprint density at radius 1 is 1.05 bits per heavy atom. The first kappa shape index (κ1) is 17.0. The third-order valence-electron chi connectivity index (χ3n) is 4.09. The number of benzene rings is 1. The third kappa shape index (κ3) is 5.16. The van der Waals surface area contributed by atoms with Crippen molar-refractivity contribution in [3.05, 3.63) is 29.8 Å². The summed E-state index contributed by atoms with van der Waals surface area (Å²) in [7, 11) is 0. The highest BCUT2D eigenvalue weighted by molar-refractivity contribution is 5.53. The van der Waals surface area contributed by atoms with E-state index in [0.29, 0.717) is 0 Å². The highest BCUT2D eigenvalue weighted by atomic mass is 15.1. The molecule has 0 aliphatic heterocycles. The molecule has 0 heterocycles. The van der Waals surface area contributed by atoms with Gasteiger partial charge in [-0.3, -0.25) is 0 Å². The fourth-order valence-corrected chi connectivity index (χ4v) is 2.62. The Labute approximate surface area is 125 Å². The molecule has 1 aromatic rings. The second kappa shape index (κ2) is 9.82. The quantitative estimate of drug-likeness (QED) is 0.635. The minimum Gasteiger partial charge on any atom is -0.371 e. The number of para-hydroxylation sites is 1. The summed E-state index contributed by atoms with van der Waals surface area (Å²) in [6.45, 7) is 13.4. The van der Waals surface area contributed by atoms with Crippen LogP contribution in [0.1, 0.15) is 52.5 Å². The van der Waals surface area contributed by atoms with Crippen LogP contribution in [0.2, 0.25) is 0 Å². The molecule has 0 unspecified atom stereocenters. The molecule has 0 atom stereocenters. The van der Waals surface area contributed by atoms with Gasteiger partial charge in [0.2, 0.25) is 0 Å². The average Bonchev–Trinajstić information content (AvgIpc) is 2.50. The standard InChI is InChI=1S/C18H32N2/c1-5-13-19-14-17-11-9-10-12-18(17)20(8-4)15-16(6-2)7-3/h9-12,16,19H,5-8,13-15H2,1-4H3. The molecular formula is C18H32N2. The van der Waals surface area contributed by atoms with Crippen LogP contribution in [0.15, 0.2) is 24.3 Å². The molecule has 1 N–H and O–H groups in total. The number of hydrogen-bond donors (Lipinski definition) is 1. The fourth-order valence-electron chi connectivity index (χ4n) is 2.62. The van der Waals surface area contributed by atoms with E-state index in [1.165, 1.54) is 37.1 Å². The second-order valence-corrected chi connectivity index (χ2v) is 5.53. The molecule has 114 valence electrons. The summed E-state index contributed by atoms with van der Waals surface area (Å²) >= 11 is 0. The minimum absolute atomic E-state index is 0.798. The van der Waals surface area contributed by atoms with Crippen molar-refractivity contribution < 1.29 is 0 Å². The zero-order chi connectivity index (χ0) is 14.8.